The Morgan fingerprint density at radius 3 is 2.24 bits per heavy atom. The number of nitrogens with one attached hydrogen (secondary N) is 1. The molecule has 1 aromatic carbocycles. The molecule has 0 spiro atoms. The quantitative estimate of drug-likeness (QED) is 0.813. The van der Waals surface area contributed by atoms with Gasteiger partial charge < -0.3 is 11.1 Å². The maximum atomic E-state index is 12.9. The molecule has 9 heteroatoms. The number of halogens is 3. The van der Waals surface area contributed by atoms with Crippen LogP contribution in [-0.2, 0) is 9.84 Å². The summed E-state index contributed by atoms with van der Waals surface area (Å²) in [5.74, 6) is -3.93. The van der Waals surface area contributed by atoms with E-state index in [9.17, 15) is 22.0 Å². The van der Waals surface area contributed by atoms with Gasteiger partial charge >= 0.3 is 0 Å². The third kappa shape index (κ3) is 5.56. The van der Waals surface area contributed by atoms with Gasteiger partial charge in [-0.1, -0.05) is 6.92 Å². The van der Waals surface area contributed by atoms with Gasteiger partial charge in [-0.3, -0.25) is 4.79 Å². The SMILES string of the molecule is CCS(=O)(=O)c1ccc(C(=O)NCC(F)(F)CN)cc1.Cl. The number of hydrogen-bond donors (Lipinski definition) is 2. The van der Waals surface area contributed by atoms with Crippen LogP contribution < -0.4 is 11.1 Å². The first-order valence-electron chi connectivity index (χ1n) is 5.91. The number of hydrogen-bond acceptors (Lipinski definition) is 4. The monoisotopic (exact) mass is 342 g/mol. The molecule has 0 radical (unpaired) electrons. The molecule has 21 heavy (non-hydrogen) atoms. The second kappa shape index (κ2) is 7.67. The highest BCUT2D eigenvalue weighted by molar-refractivity contribution is 7.91. The van der Waals surface area contributed by atoms with E-state index in [2.05, 4.69) is 0 Å². The third-order valence-corrected chi connectivity index (χ3v) is 4.41. The van der Waals surface area contributed by atoms with E-state index in [-0.39, 0.29) is 28.6 Å². The second-order valence-corrected chi connectivity index (χ2v) is 6.45. The zero-order valence-corrected chi connectivity index (χ0v) is 12.9. The zero-order valence-electron chi connectivity index (χ0n) is 11.3. The molecule has 0 saturated heterocycles. The van der Waals surface area contributed by atoms with Crippen LogP contribution in [0.5, 0.6) is 0 Å². The van der Waals surface area contributed by atoms with E-state index < -0.39 is 34.8 Å². The van der Waals surface area contributed by atoms with E-state index in [0.717, 1.165) is 0 Å². The van der Waals surface area contributed by atoms with E-state index in [0.29, 0.717) is 0 Å². The van der Waals surface area contributed by atoms with Gasteiger partial charge in [0.25, 0.3) is 11.8 Å². The van der Waals surface area contributed by atoms with Crippen LogP contribution in [0.3, 0.4) is 0 Å². The van der Waals surface area contributed by atoms with Crippen LogP contribution in [0.2, 0.25) is 0 Å². The number of sulfone groups is 1. The van der Waals surface area contributed by atoms with Crippen molar-refractivity contribution < 1.29 is 22.0 Å². The Morgan fingerprint density at radius 1 is 1.29 bits per heavy atom. The molecule has 5 nitrogen and oxygen atoms in total. The summed E-state index contributed by atoms with van der Waals surface area (Å²) in [6.45, 7) is -0.219. The van der Waals surface area contributed by atoms with Crippen LogP contribution in [0.15, 0.2) is 29.2 Å². The lowest BCUT2D eigenvalue weighted by Gasteiger charge is -2.14. The molecule has 0 bridgehead atoms. The van der Waals surface area contributed by atoms with E-state index in [4.69, 9.17) is 5.73 Å². The molecule has 0 aliphatic carbocycles. The highest BCUT2D eigenvalue weighted by Crippen LogP contribution is 2.13. The van der Waals surface area contributed by atoms with Crippen LogP contribution in [0, 0.1) is 0 Å². The molecular weight excluding hydrogens is 326 g/mol. The van der Waals surface area contributed by atoms with Gasteiger partial charge in [0.2, 0.25) is 0 Å². The lowest BCUT2D eigenvalue weighted by molar-refractivity contribution is 0.0118. The molecule has 0 fully saturated rings. The molecule has 1 amide bonds. The minimum absolute atomic E-state index is 0. The van der Waals surface area contributed by atoms with Crippen molar-refractivity contribution in [3.8, 4) is 0 Å². The molecule has 0 atom stereocenters. The number of carbonyl (C=O) groups excluding carboxylic acids is 1. The Kier molecular flexibility index (Phi) is 7.21. The van der Waals surface area contributed by atoms with Gasteiger partial charge in [0.05, 0.1) is 23.7 Å². The predicted octanol–water partition coefficient (Wildman–Crippen LogP) is 1.23. The highest BCUT2D eigenvalue weighted by Gasteiger charge is 2.27. The summed E-state index contributed by atoms with van der Waals surface area (Å²) in [5, 5.41) is 2.04. The Morgan fingerprint density at radius 2 is 1.81 bits per heavy atom. The van der Waals surface area contributed by atoms with E-state index in [1.165, 1.54) is 31.2 Å². The molecule has 0 saturated carbocycles. The fraction of sp³-hybridized carbons (Fsp3) is 0.417. The maximum Gasteiger partial charge on any atom is 0.277 e. The molecular formula is C12H17ClF2N2O3S. The summed E-state index contributed by atoms with van der Waals surface area (Å²) in [6, 6.07) is 5.10. The summed E-state index contributed by atoms with van der Waals surface area (Å²) < 4.78 is 48.9. The van der Waals surface area contributed by atoms with Gasteiger partial charge in [-0.25, -0.2) is 17.2 Å². The largest absolute Gasteiger partial charge is 0.346 e. The molecule has 0 unspecified atom stereocenters. The van der Waals surface area contributed by atoms with Crippen molar-refractivity contribution in [1.29, 1.82) is 0 Å². The van der Waals surface area contributed by atoms with E-state index in [1.54, 1.807) is 0 Å². The standard InChI is InChI=1S/C12H16F2N2O3S.ClH/c1-2-20(18,19)10-5-3-9(4-6-10)11(17)16-8-12(13,14)7-15;/h3-6H,2,7-8,15H2,1H3,(H,16,17);1H. The van der Waals surface area contributed by atoms with Crippen LogP contribution in [0.4, 0.5) is 8.78 Å². The van der Waals surface area contributed by atoms with Crippen molar-refractivity contribution >= 4 is 28.2 Å². The van der Waals surface area contributed by atoms with E-state index in [1.807, 2.05) is 5.32 Å². The van der Waals surface area contributed by atoms with Crippen LogP contribution >= 0.6 is 12.4 Å². The number of nitrogens with two attached hydrogens (primary N) is 1. The smallest absolute Gasteiger partial charge is 0.277 e. The molecule has 120 valence electrons. The Labute approximate surface area is 128 Å². The molecule has 3 N–H and O–H groups in total. The number of carbonyl (C=O) groups is 1. The van der Waals surface area contributed by atoms with E-state index >= 15 is 0 Å². The van der Waals surface area contributed by atoms with Gasteiger partial charge in [0.15, 0.2) is 9.84 Å². The summed E-state index contributed by atoms with van der Waals surface area (Å²) >= 11 is 0. The highest BCUT2D eigenvalue weighted by atomic mass is 35.5. The average Bonchev–Trinajstić information content (AvgIpc) is 2.45. The Hall–Kier alpha value is -1.25. The lowest BCUT2D eigenvalue weighted by atomic mass is 10.2. The fourth-order valence-electron chi connectivity index (χ4n) is 1.36. The first kappa shape index (κ1) is 19.8. The van der Waals surface area contributed by atoms with Gasteiger partial charge in [0, 0.05) is 5.56 Å². The van der Waals surface area contributed by atoms with Crippen molar-refractivity contribution in [3.63, 3.8) is 0 Å². The normalized spacial score (nSPS) is 11.6. The molecule has 0 aromatic heterocycles. The topological polar surface area (TPSA) is 89.3 Å². The molecule has 0 aliphatic rings. The molecule has 0 heterocycles. The van der Waals surface area contributed by atoms with Crippen LogP contribution in [0.1, 0.15) is 17.3 Å². The van der Waals surface area contributed by atoms with Gasteiger partial charge in [-0.2, -0.15) is 0 Å². The number of alkyl halides is 2. The van der Waals surface area contributed by atoms with Gasteiger partial charge in [-0.15, -0.1) is 12.4 Å². The van der Waals surface area contributed by atoms with Crippen LogP contribution in [0.25, 0.3) is 0 Å². The summed E-state index contributed by atoms with van der Waals surface area (Å²) in [4.78, 5) is 11.7. The maximum absolute atomic E-state index is 12.9. The Balaban J connectivity index is 0.00000400. The molecule has 0 aliphatic heterocycles. The van der Waals surface area contributed by atoms with Gasteiger partial charge in [0.1, 0.15) is 0 Å². The van der Waals surface area contributed by atoms with Crippen molar-refractivity contribution in [2.24, 2.45) is 5.73 Å². The first-order valence-corrected chi connectivity index (χ1v) is 7.56. The fourth-order valence-corrected chi connectivity index (χ4v) is 2.25. The Bertz CT molecular complexity index is 577. The minimum atomic E-state index is -3.35. The number of rotatable bonds is 6. The first-order chi connectivity index (χ1) is 9.22. The predicted molar refractivity (Wildman–Crippen MR) is 77.8 cm³/mol. The summed E-state index contributed by atoms with van der Waals surface area (Å²) in [7, 11) is -3.35. The minimum Gasteiger partial charge on any atom is -0.346 e. The summed E-state index contributed by atoms with van der Waals surface area (Å²) in [5.41, 5.74) is 4.95. The second-order valence-electron chi connectivity index (χ2n) is 4.17. The van der Waals surface area contributed by atoms with Crippen molar-refractivity contribution in [2.45, 2.75) is 17.7 Å². The zero-order chi connectivity index (χ0) is 15.4. The third-order valence-electron chi connectivity index (χ3n) is 2.66. The van der Waals surface area contributed by atoms with Crippen molar-refractivity contribution in [2.75, 3.05) is 18.8 Å². The van der Waals surface area contributed by atoms with Crippen molar-refractivity contribution in [1.82, 2.24) is 5.32 Å². The van der Waals surface area contributed by atoms with Crippen molar-refractivity contribution in [3.05, 3.63) is 29.8 Å². The lowest BCUT2D eigenvalue weighted by Crippen LogP contribution is -2.41. The number of benzene rings is 1. The number of amides is 1. The average molecular weight is 343 g/mol. The molecule has 1 rings (SSSR count). The molecule has 1 aromatic rings. The van der Waals surface area contributed by atoms with Gasteiger partial charge in [-0.05, 0) is 24.3 Å². The summed E-state index contributed by atoms with van der Waals surface area (Å²) in [6.07, 6.45) is 0. The van der Waals surface area contributed by atoms with Crippen LogP contribution in [-0.4, -0.2) is 39.1 Å².